The van der Waals surface area contributed by atoms with E-state index in [4.69, 9.17) is 14.2 Å². The van der Waals surface area contributed by atoms with Gasteiger partial charge in [0.1, 0.15) is 22.8 Å². The molecule has 3 N–H and O–H groups in total. The summed E-state index contributed by atoms with van der Waals surface area (Å²) in [7, 11) is -7.72. The third kappa shape index (κ3) is 11.1. The van der Waals surface area contributed by atoms with Gasteiger partial charge in [0.15, 0.2) is 0 Å². The maximum Gasteiger partial charge on any atom is 0.293 e. The lowest BCUT2D eigenvalue weighted by Gasteiger charge is -2.59. The second kappa shape index (κ2) is 19.7. The predicted octanol–water partition coefficient (Wildman–Crippen LogP) is 6.08. The first-order valence-electron chi connectivity index (χ1n) is 24.1. The van der Waals surface area contributed by atoms with Crippen molar-refractivity contribution < 1.29 is 40.8 Å². The molecule has 19 nitrogen and oxygen atoms in total. The van der Waals surface area contributed by atoms with E-state index in [1.165, 1.54) is 41.4 Å². The number of carbonyl (C=O) groups excluding carboxylic acids is 1. The van der Waals surface area contributed by atoms with E-state index in [-0.39, 0.29) is 40.5 Å². The van der Waals surface area contributed by atoms with Crippen LogP contribution in [0.4, 0.5) is 17.1 Å². The van der Waals surface area contributed by atoms with Crippen molar-refractivity contribution >= 4 is 65.4 Å². The van der Waals surface area contributed by atoms with Crippen molar-refractivity contribution in [2.45, 2.75) is 56.6 Å². The summed E-state index contributed by atoms with van der Waals surface area (Å²) in [6.45, 7) is 14.3. The maximum absolute atomic E-state index is 14.0. The molecule has 10 rings (SSSR count). The van der Waals surface area contributed by atoms with Gasteiger partial charge in [-0.25, -0.2) is 30.8 Å². The van der Waals surface area contributed by atoms with Crippen LogP contribution in [0.25, 0.3) is 11.0 Å². The molecule has 4 saturated heterocycles. The minimum absolute atomic E-state index is 0.0521. The lowest BCUT2D eigenvalue weighted by molar-refractivity contribution is -0.384. The Labute approximate surface area is 418 Å². The first-order valence-corrected chi connectivity index (χ1v) is 28.3. The Bertz CT molecular complexity index is 3010. The first kappa shape index (κ1) is 49.4. The van der Waals surface area contributed by atoms with Crippen LogP contribution in [-0.4, -0.2) is 149 Å². The fourth-order valence-corrected chi connectivity index (χ4v) is 14.1. The second-order valence-electron chi connectivity index (χ2n) is 20.8. The van der Waals surface area contributed by atoms with E-state index in [1.807, 2.05) is 17.4 Å². The van der Waals surface area contributed by atoms with Crippen LogP contribution < -0.4 is 19.7 Å². The molecule has 380 valence electrons. The fourth-order valence-electron chi connectivity index (χ4n) is 11.0. The third-order valence-corrected chi connectivity index (χ3v) is 18.4. The molecule has 0 radical (unpaired) electrons. The quantitative estimate of drug-likeness (QED) is 0.0753. The summed E-state index contributed by atoms with van der Waals surface area (Å²) in [4.78, 5) is 41.2. The number of benzene rings is 2. The number of hydrogen-bond donors (Lipinski definition) is 3. The number of likely N-dealkylation sites (tertiary alicyclic amines) is 1. The fraction of sp³-hybridized carbons (Fsp3) is 0.510. The number of H-pyrrole nitrogens is 1. The molecule has 5 aromatic rings. The van der Waals surface area contributed by atoms with Gasteiger partial charge in [0, 0.05) is 112 Å². The lowest BCUT2D eigenvalue weighted by Crippen LogP contribution is -2.72. The summed E-state index contributed by atoms with van der Waals surface area (Å²) in [6.07, 6.45) is 7.72. The minimum atomic E-state index is -4.60. The zero-order valence-electron chi connectivity index (χ0n) is 40.2. The molecule has 4 aliphatic heterocycles. The number of amides is 1. The van der Waals surface area contributed by atoms with E-state index in [0.717, 1.165) is 82.3 Å². The van der Waals surface area contributed by atoms with Crippen molar-refractivity contribution in [3.8, 4) is 11.5 Å². The Morgan fingerprint density at radius 2 is 1.80 bits per heavy atom. The van der Waals surface area contributed by atoms with Gasteiger partial charge in [-0.2, -0.15) is 0 Å². The number of piperazine rings is 1. The predicted molar refractivity (Wildman–Crippen MR) is 270 cm³/mol. The third-order valence-electron chi connectivity index (χ3n) is 14.7. The highest BCUT2D eigenvalue weighted by molar-refractivity contribution is 7.90. The SMILES string of the molecule is CC1(C)CCC(CN2CCN(c3ccc(C(=O)NS(=O)(=O)c4ccc(NCC5COCCO5)c([N+](=O)[O-])c4)c(Oc4cnc5[nH]ccc5c4)c3)CC2)C(c2cc(CN3CC4(C3)CN(S(C)(=O)=O)C4)cs2)C1. The number of fused-ring (bicyclic) bond motifs is 1. The van der Waals surface area contributed by atoms with E-state index in [9.17, 15) is 31.7 Å². The summed E-state index contributed by atoms with van der Waals surface area (Å²) in [6, 6.07) is 14.5. The highest BCUT2D eigenvalue weighted by Crippen LogP contribution is 2.49. The van der Waals surface area contributed by atoms with Gasteiger partial charge in [0.2, 0.25) is 10.0 Å². The van der Waals surface area contributed by atoms with Crippen molar-refractivity contribution in [2.75, 3.05) is 102 Å². The number of nitrogens with zero attached hydrogens (tertiary/aromatic N) is 6. The number of carbonyl (C=O) groups is 1. The summed E-state index contributed by atoms with van der Waals surface area (Å²) in [5, 5.41) is 18.2. The number of sulfonamides is 2. The molecule has 71 heavy (non-hydrogen) atoms. The normalized spacial score (nSPS) is 23.0. The molecule has 1 aliphatic carbocycles. The average molecular weight is 1030 g/mol. The molecule has 2 aromatic carbocycles. The zero-order chi connectivity index (χ0) is 49.7. The smallest absolute Gasteiger partial charge is 0.293 e. The maximum atomic E-state index is 14.0. The van der Waals surface area contributed by atoms with E-state index in [0.29, 0.717) is 56.1 Å². The van der Waals surface area contributed by atoms with E-state index in [1.54, 1.807) is 34.8 Å². The van der Waals surface area contributed by atoms with Gasteiger partial charge in [-0.3, -0.25) is 24.7 Å². The van der Waals surface area contributed by atoms with Gasteiger partial charge in [-0.1, -0.05) is 13.8 Å². The summed E-state index contributed by atoms with van der Waals surface area (Å²) in [5.41, 5.74) is 2.73. The summed E-state index contributed by atoms with van der Waals surface area (Å²) < 4.78 is 72.4. The highest BCUT2D eigenvalue weighted by atomic mass is 32.2. The van der Waals surface area contributed by atoms with Crippen LogP contribution in [0, 0.1) is 26.9 Å². The van der Waals surface area contributed by atoms with Gasteiger partial charge in [0.25, 0.3) is 21.6 Å². The van der Waals surface area contributed by atoms with Gasteiger partial charge >= 0.3 is 0 Å². The molecule has 22 heteroatoms. The van der Waals surface area contributed by atoms with Crippen molar-refractivity contribution in [2.24, 2.45) is 16.7 Å². The van der Waals surface area contributed by atoms with Gasteiger partial charge in [0.05, 0.1) is 53.8 Å². The Morgan fingerprint density at radius 1 is 1.00 bits per heavy atom. The lowest BCUT2D eigenvalue weighted by atomic mass is 9.66. The molecule has 3 unspecified atom stereocenters. The molecule has 1 saturated carbocycles. The number of aromatic amines is 1. The largest absolute Gasteiger partial charge is 0.455 e. The van der Waals surface area contributed by atoms with Gasteiger partial charge in [-0.05, 0) is 89.9 Å². The number of nitro groups is 1. The molecule has 3 atom stereocenters. The molecule has 5 fully saturated rings. The number of rotatable bonds is 16. The molecule has 1 spiro atoms. The second-order valence-corrected chi connectivity index (χ2v) is 25.4. The highest BCUT2D eigenvalue weighted by Gasteiger charge is 2.54. The average Bonchev–Trinajstić information content (AvgIpc) is 3.99. The number of thiophene rings is 1. The number of hydrogen-bond acceptors (Lipinski definition) is 16. The van der Waals surface area contributed by atoms with Crippen LogP contribution in [0.1, 0.15) is 59.8 Å². The van der Waals surface area contributed by atoms with Crippen LogP contribution in [0.5, 0.6) is 11.5 Å². The number of pyridine rings is 1. The Hall–Kier alpha value is -5.20. The zero-order valence-corrected chi connectivity index (χ0v) is 42.6. The monoisotopic (exact) mass is 1030 g/mol. The molecule has 5 aliphatic rings. The number of ether oxygens (including phenoxy) is 3. The van der Waals surface area contributed by atoms with E-state index in [2.05, 4.69) is 60.0 Å². The molecular formula is C49H61N9O10S3. The van der Waals surface area contributed by atoms with Crippen molar-refractivity contribution in [3.05, 3.63) is 98.5 Å². The number of anilines is 2. The van der Waals surface area contributed by atoms with E-state index >= 15 is 0 Å². The van der Waals surface area contributed by atoms with E-state index < -0.39 is 41.5 Å². The Morgan fingerprint density at radius 3 is 2.55 bits per heavy atom. The standard InChI is InChI=1S/C49H61N9O10S3/c1-48(2)10-8-35(41(22-48)45-18-33(28-69-45)25-55-29-49(30-55)31-57(32-49)70(3,62)63)26-54-12-14-56(15-13-54)36-4-6-40(44(20-36)68-37-19-34-9-11-50-46(34)52-23-37)47(59)53-71(64,65)39-5-7-42(43(21-39)58(60)61)51-24-38-27-66-16-17-67-38/h4-7,9,11,18-21,23,28,35,38,41,51H,8,10,12-17,22,24-27,29-32H2,1-3H3,(H,50,52)(H,53,59). The molecular weight excluding hydrogens is 971 g/mol. The first-order chi connectivity index (χ1) is 33.9. The number of nitrogens with one attached hydrogen (secondary N) is 3. The minimum Gasteiger partial charge on any atom is -0.455 e. The summed E-state index contributed by atoms with van der Waals surface area (Å²) in [5.74, 6) is 0.466. The molecule has 7 heterocycles. The Kier molecular flexibility index (Phi) is 13.7. The van der Waals surface area contributed by atoms with Gasteiger partial charge < -0.3 is 29.4 Å². The summed E-state index contributed by atoms with van der Waals surface area (Å²) >= 11 is 1.88. The van der Waals surface area contributed by atoms with Crippen molar-refractivity contribution in [3.63, 3.8) is 0 Å². The Balaban J connectivity index is 0.804. The van der Waals surface area contributed by atoms with Crippen LogP contribution in [-0.2, 0) is 36.1 Å². The van der Waals surface area contributed by atoms with Crippen LogP contribution in [0.15, 0.2) is 77.3 Å². The molecule has 0 bridgehead atoms. The van der Waals surface area contributed by atoms with Crippen LogP contribution in [0.2, 0.25) is 0 Å². The number of aromatic nitrogens is 2. The van der Waals surface area contributed by atoms with Crippen LogP contribution in [0.3, 0.4) is 0 Å². The van der Waals surface area contributed by atoms with Crippen molar-refractivity contribution in [1.82, 2.24) is 28.8 Å². The van der Waals surface area contributed by atoms with Crippen LogP contribution >= 0.6 is 11.3 Å². The topological polar surface area (TPSA) is 222 Å². The number of nitro benzene ring substituents is 1. The van der Waals surface area contributed by atoms with Gasteiger partial charge in [-0.15, -0.1) is 11.3 Å². The van der Waals surface area contributed by atoms with Crippen molar-refractivity contribution in [1.29, 1.82) is 0 Å². The molecule has 1 amide bonds. The molecule has 3 aromatic heterocycles.